The summed E-state index contributed by atoms with van der Waals surface area (Å²) in [6.45, 7) is 34.5. The van der Waals surface area contributed by atoms with Crippen LogP contribution in [0.25, 0.3) is 22.3 Å². The molecule has 112 heavy (non-hydrogen) atoms. The van der Waals surface area contributed by atoms with Crippen molar-refractivity contribution in [3.8, 4) is 22.3 Å². The van der Waals surface area contributed by atoms with Crippen molar-refractivity contribution in [2.45, 2.75) is 131 Å². The van der Waals surface area contributed by atoms with Gasteiger partial charge in [0.2, 0.25) is 0 Å². The van der Waals surface area contributed by atoms with Crippen LogP contribution in [-0.2, 0) is 27.1 Å². The second kappa shape index (κ2) is 27.3. The van der Waals surface area contributed by atoms with Crippen molar-refractivity contribution >= 4 is 155 Å². The number of rotatable bonds is 11. The Labute approximate surface area is 671 Å². The molecule has 0 atom stereocenters. The van der Waals surface area contributed by atoms with Gasteiger partial charge < -0.3 is 0 Å². The first-order chi connectivity index (χ1) is 53.7. The molecule has 0 fully saturated rings. The van der Waals surface area contributed by atoms with Gasteiger partial charge in [0.05, 0.1) is 0 Å². The molecule has 14 aromatic rings. The standard InChI is InChI=1S/C104H97B2N5Se/c1-100(2,3)70-42-52-75(53-43-70)107(88-38-26-22-34-82(88)68-30-18-16-19-31-68)80-62-93-98-94(63-80)111(79-60-50-74(51-61-79)104(13,14)15)92-67-96-87(66-86(92)105(98)84-36-24-28-40-90(84)109(93)77-56-46-72(47-57-77)102(7,8)9)106-85-37-25-29-41-91(85)110(78-58-48-73(49-59-78)103(10,11)12)95-64-81(65-97(112-96)99(95)106)108(76-54-44-71(45-55-76)101(4,5)6)89-39-27-23-35-83(89)69-32-20-17-21-33-69/h16-67H,1-15H3. The van der Waals surface area contributed by atoms with Gasteiger partial charge in [-0.3, -0.25) is 0 Å². The molecule has 8 heteroatoms. The molecule has 0 spiro atoms. The average molecular weight is 1520 g/mol. The molecular weight excluding hydrogens is 1420 g/mol. The fourth-order valence-electron chi connectivity index (χ4n) is 17.7. The predicted octanol–water partition coefficient (Wildman–Crippen LogP) is 22.8. The van der Waals surface area contributed by atoms with Crippen LogP contribution in [0.5, 0.6) is 0 Å². The van der Waals surface area contributed by atoms with E-state index in [1.807, 2.05) is 0 Å². The van der Waals surface area contributed by atoms with Gasteiger partial charge in [-0.05, 0) is 10.8 Å². The zero-order chi connectivity index (χ0) is 77.5. The molecule has 5 nitrogen and oxygen atoms in total. The Hall–Kier alpha value is -11.3. The Bertz CT molecular complexity index is 5940. The normalized spacial score (nSPS) is 13.5. The fourth-order valence-corrected chi connectivity index (χ4v) is 20.2. The Balaban J connectivity index is 0.929. The summed E-state index contributed by atoms with van der Waals surface area (Å²) in [6.07, 6.45) is 0. The zero-order valence-corrected chi connectivity index (χ0v) is 69.0. The Kier molecular flexibility index (Phi) is 17.6. The second-order valence-electron chi connectivity index (χ2n) is 36.2. The van der Waals surface area contributed by atoms with Gasteiger partial charge in [0.15, 0.2) is 0 Å². The van der Waals surface area contributed by atoms with Gasteiger partial charge >= 0.3 is 606 Å². The summed E-state index contributed by atoms with van der Waals surface area (Å²) >= 11 is -0.220. The van der Waals surface area contributed by atoms with E-state index in [1.165, 1.54) is 103 Å². The summed E-state index contributed by atoms with van der Waals surface area (Å²) < 4.78 is 2.76. The van der Waals surface area contributed by atoms with Gasteiger partial charge in [-0.15, -0.1) is 0 Å². The van der Waals surface area contributed by atoms with E-state index >= 15 is 0 Å². The molecule has 0 bridgehead atoms. The first-order valence-corrected chi connectivity index (χ1v) is 41.7. The number of para-hydroxylation sites is 4. The van der Waals surface area contributed by atoms with Crippen LogP contribution in [0.3, 0.4) is 0 Å². The van der Waals surface area contributed by atoms with Gasteiger partial charge in [0.25, 0.3) is 0 Å². The zero-order valence-electron chi connectivity index (χ0n) is 67.3. The van der Waals surface area contributed by atoms with Crippen molar-refractivity contribution in [2.24, 2.45) is 0 Å². The van der Waals surface area contributed by atoms with Crippen molar-refractivity contribution in [3.05, 3.63) is 343 Å². The third-order valence-electron chi connectivity index (χ3n) is 23.7. The first kappa shape index (κ1) is 72.3. The van der Waals surface area contributed by atoms with E-state index in [2.05, 4.69) is 444 Å². The van der Waals surface area contributed by atoms with Crippen LogP contribution in [0.15, 0.2) is 315 Å². The van der Waals surface area contributed by atoms with Crippen LogP contribution in [0, 0.1) is 0 Å². The molecule has 0 N–H and O–H groups in total. The molecular formula is C104H97B2N5Se. The van der Waals surface area contributed by atoms with E-state index < -0.39 is 0 Å². The quantitative estimate of drug-likeness (QED) is 0.120. The van der Waals surface area contributed by atoms with Crippen LogP contribution in [0.4, 0.5) is 85.3 Å². The summed E-state index contributed by atoms with van der Waals surface area (Å²) in [5, 5.41) is 0. The van der Waals surface area contributed by atoms with Gasteiger partial charge in [-0.25, -0.2) is 0 Å². The SMILES string of the molecule is CC(C)(C)c1ccc(N(c2cc3c4c(c2)N(c2ccc(C(C)(C)C)cc2)c2ccccc2B4c2cc4c(cc2[Se]3)N(c2ccc(C(C)(C)C)cc2)c2cc(N(c3ccc(C(C)(C)C)cc3)c3ccccc3-c3ccccc3)cc3c2B4c2ccccc2N3c2ccc(C(C)(C)C)cc2)c2ccccc2-c2ccccc2)cc1. The molecule has 0 aliphatic carbocycles. The Morgan fingerprint density at radius 3 is 0.955 bits per heavy atom. The van der Waals surface area contributed by atoms with Gasteiger partial charge in [-0.2, -0.15) is 0 Å². The molecule has 18 rings (SSSR count). The molecule has 0 radical (unpaired) electrons. The van der Waals surface area contributed by atoms with Crippen molar-refractivity contribution in [2.75, 3.05) is 24.5 Å². The fraction of sp³-hybridized carbons (Fsp3) is 0.192. The van der Waals surface area contributed by atoms with E-state index in [-0.39, 0.29) is 55.5 Å². The summed E-state index contributed by atoms with van der Waals surface area (Å²) in [5.41, 5.74) is 35.9. The average Bonchev–Trinajstić information content (AvgIpc) is 0.687. The van der Waals surface area contributed by atoms with Crippen LogP contribution in [0.1, 0.15) is 132 Å². The minimum atomic E-state index is -0.220. The minimum absolute atomic E-state index is 0.0268. The molecule has 14 aromatic carbocycles. The van der Waals surface area contributed by atoms with E-state index in [0.29, 0.717) is 0 Å². The van der Waals surface area contributed by atoms with Crippen molar-refractivity contribution < 1.29 is 0 Å². The number of hydrogen-bond donors (Lipinski definition) is 0. The van der Waals surface area contributed by atoms with Crippen LogP contribution >= 0.6 is 0 Å². The Morgan fingerprint density at radius 1 is 0.241 bits per heavy atom. The Morgan fingerprint density at radius 2 is 0.562 bits per heavy atom. The molecule has 0 aromatic heterocycles. The molecule has 0 unspecified atom stereocenters. The molecule has 550 valence electrons. The third kappa shape index (κ3) is 12.7. The topological polar surface area (TPSA) is 16.2 Å². The molecule has 0 saturated carbocycles. The number of nitrogens with zero attached hydrogens (tertiary/aromatic N) is 5. The molecule has 4 aliphatic rings. The summed E-state index contributed by atoms with van der Waals surface area (Å²) in [6, 6.07) is 122. The van der Waals surface area contributed by atoms with Crippen molar-refractivity contribution in [1.82, 2.24) is 0 Å². The molecule has 4 heterocycles. The number of fused-ring (bicyclic) bond motifs is 8. The van der Waals surface area contributed by atoms with E-state index in [0.717, 1.165) is 73.7 Å². The maximum absolute atomic E-state index is 2.72. The summed E-state index contributed by atoms with van der Waals surface area (Å²) in [4.78, 5) is 13.0. The number of hydrogen-bond acceptors (Lipinski definition) is 5. The third-order valence-corrected chi connectivity index (χ3v) is 26.1. The van der Waals surface area contributed by atoms with Crippen LogP contribution in [0.2, 0.25) is 0 Å². The maximum atomic E-state index is 2.72. The van der Waals surface area contributed by atoms with Crippen LogP contribution < -0.4 is 66.2 Å². The molecule has 0 saturated heterocycles. The molecule has 0 amide bonds. The number of benzene rings is 14. The summed E-state index contributed by atoms with van der Waals surface area (Å²) in [5.74, 6) is 0. The predicted molar refractivity (Wildman–Crippen MR) is 485 cm³/mol. The van der Waals surface area contributed by atoms with Gasteiger partial charge in [0, 0.05) is 0 Å². The van der Waals surface area contributed by atoms with E-state index in [1.54, 1.807) is 0 Å². The van der Waals surface area contributed by atoms with Crippen molar-refractivity contribution in [3.63, 3.8) is 0 Å². The molecule has 4 aliphatic heterocycles. The van der Waals surface area contributed by atoms with Crippen molar-refractivity contribution in [1.29, 1.82) is 0 Å². The van der Waals surface area contributed by atoms with Gasteiger partial charge in [-0.1, -0.05) is 59.7 Å². The van der Waals surface area contributed by atoms with E-state index in [4.69, 9.17) is 0 Å². The monoisotopic (exact) mass is 1520 g/mol. The first-order valence-electron chi connectivity index (χ1n) is 39.9. The van der Waals surface area contributed by atoms with Gasteiger partial charge in [0.1, 0.15) is 0 Å². The van der Waals surface area contributed by atoms with E-state index in [9.17, 15) is 0 Å². The summed E-state index contributed by atoms with van der Waals surface area (Å²) in [7, 11) is 0. The second-order valence-corrected chi connectivity index (χ2v) is 38.5. The number of anilines is 15. The van der Waals surface area contributed by atoms with Crippen LogP contribution in [-0.4, -0.2) is 28.4 Å².